The van der Waals surface area contributed by atoms with Gasteiger partial charge in [-0.2, -0.15) is 5.10 Å². The maximum absolute atomic E-state index is 12.1. The minimum absolute atomic E-state index is 0.298. The van der Waals surface area contributed by atoms with Crippen molar-refractivity contribution < 1.29 is 9.21 Å². The van der Waals surface area contributed by atoms with E-state index in [0.29, 0.717) is 31.5 Å². The number of furan rings is 1. The Labute approximate surface area is 183 Å². The summed E-state index contributed by atoms with van der Waals surface area (Å²) < 4.78 is 6.49. The molecule has 0 radical (unpaired) electrons. The molecule has 0 unspecified atom stereocenters. The summed E-state index contributed by atoms with van der Waals surface area (Å²) in [6.07, 6.45) is 1.41. The minimum Gasteiger partial charge on any atom is -0.447 e. The van der Waals surface area contributed by atoms with Crippen molar-refractivity contribution >= 4 is 74.6 Å². The zero-order valence-electron chi connectivity index (χ0n) is 13.4. The van der Waals surface area contributed by atoms with E-state index in [-0.39, 0.29) is 0 Å². The molecule has 138 valence electrons. The summed E-state index contributed by atoms with van der Waals surface area (Å²) in [4.78, 5) is 13.0. The number of benzene rings is 2. The van der Waals surface area contributed by atoms with Gasteiger partial charge in [-0.1, -0.05) is 46.6 Å². The van der Waals surface area contributed by atoms with E-state index in [9.17, 15) is 4.79 Å². The molecule has 1 heterocycles. The lowest BCUT2D eigenvalue weighted by Crippen LogP contribution is -2.17. The molecule has 0 saturated heterocycles. The highest BCUT2D eigenvalue weighted by Gasteiger charge is 2.10. The monoisotopic (exact) mass is 502 g/mol. The quantitative estimate of drug-likeness (QED) is 0.303. The molecule has 0 saturated carbocycles. The lowest BCUT2D eigenvalue weighted by atomic mass is 10.2. The first-order valence-corrected chi connectivity index (χ1v) is 10.2. The van der Waals surface area contributed by atoms with E-state index in [1.54, 1.807) is 18.2 Å². The average molecular weight is 505 g/mol. The standard InChI is InChI=1S/C18H10BrCl3N2O2S/c19-14-8-12(26-18(14)27-13-4-2-11(20)3-5-13)9-23-24-17(25)10-1-6-15(21)16(22)7-10/h1-9H,(H,24,25)/b23-9-. The van der Waals surface area contributed by atoms with Crippen LogP contribution in [-0.4, -0.2) is 12.1 Å². The van der Waals surface area contributed by atoms with E-state index < -0.39 is 5.91 Å². The number of hydrazone groups is 1. The summed E-state index contributed by atoms with van der Waals surface area (Å²) >= 11 is 22.5. The number of carbonyl (C=O) groups excluding carboxylic acids is 1. The number of hydrogen-bond acceptors (Lipinski definition) is 4. The van der Waals surface area contributed by atoms with Gasteiger partial charge in [0.05, 0.1) is 20.7 Å². The van der Waals surface area contributed by atoms with Crippen molar-refractivity contribution in [3.05, 3.63) is 79.4 Å². The van der Waals surface area contributed by atoms with Crippen LogP contribution in [0.15, 0.2) is 72.5 Å². The van der Waals surface area contributed by atoms with Gasteiger partial charge in [-0.3, -0.25) is 4.79 Å². The van der Waals surface area contributed by atoms with Crippen molar-refractivity contribution in [3.8, 4) is 0 Å². The van der Waals surface area contributed by atoms with Crippen LogP contribution in [0.5, 0.6) is 0 Å². The molecular weight excluding hydrogens is 495 g/mol. The van der Waals surface area contributed by atoms with Gasteiger partial charge < -0.3 is 4.42 Å². The Morgan fingerprint density at radius 1 is 1.07 bits per heavy atom. The SMILES string of the molecule is O=C(N/N=C\c1cc(Br)c(Sc2ccc(Cl)cc2)o1)c1ccc(Cl)c(Cl)c1. The highest BCUT2D eigenvalue weighted by Crippen LogP contribution is 2.35. The number of hydrogen-bond donors (Lipinski definition) is 1. The van der Waals surface area contributed by atoms with Crippen molar-refractivity contribution in [3.63, 3.8) is 0 Å². The molecule has 0 aliphatic rings. The van der Waals surface area contributed by atoms with Crippen LogP contribution in [0.3, 0.4) is 0 Å². The largest absolute Gasteiger partial charge is 0.447 e. The predicted molar refractivity (Wildman–Crippen MR) is 114 cm³/mol. The van der Waals surface area contributed by atoms with Crippen LogP contribution in [0.25, 0.3) is 0 Å². The number of nitrogens with one attached hydrogen (secondary N) is 1. The van der Waals surface area contributed by atoms with Crippen LogP contribution in [-0.2, 0) is 0 Å². The van der Waals surface area contributed by atoms with Crippen LogP contribution in [0.1, 0.15) is 16.1 Å². The highest BCUT2D eigenvalue weighted by atomic mass is 79.9. The first-order valence-electron chi connectivity index (χ1n) is 7.43. The van der Waals surface area contributed by atoms with Crippen molar-refractivity contribution in [2.75, 3.05) is 0 Å². The molecule has 0 aliphatic carbocycles. The summed E-state index contributed by atoms with van der Waals surface area (Å²) in [5.41, 5.74) is 2.76. The van der Waals surface area contributed by atoms with Gasteiger partial charge in [0.2, 0.25) is 0 Å². The van der Waals surface area contributed by atoms with Gasteiger partial charge in [-0.15, -0.1) is 0 Å². The van der Waals surface area contributed by atoms with Crippen molar-refractivity contribution in [2.45, 2.75) is 9.99 Å². The smallest absolute Gasteiger partial charge is 0.271 e. The van der Waals surface area contributed by atoms with Crippen LogP contribution >= 0.6 is 62.5 Å². The Balaban J connectivity index is 1.64. The zero-order chi connectivity index (χ0) is 19.4. The molecule has 0 spiro atoms. The van der Waals surface area contributed by atoms with Gasteiger partial charge in [0.1, 0.15) is 5.76 Å². The molecule has 9 heteroatoms. The Bertz CT molecular complexity index is 1010. The fourth-order valence-corrected chi connectivity index (χ4v) is 3.72. The first-order chi connectivity index (χ1) is 12.9. The highest BCUT2D eigenvalue weighted by molar-refractivity contribution is 9.10. The summed E-state index contributed by atoms with van der Waals surface area (Å²) in [5.74, 6) is 0.0685. The Morgan fingerprint density at radius 3 is 2.52 bits per heavy atom. The Hall–Kier alpha value is -1.44. The van der Waals surface area contributed by atoms with E-state index >= 15 is 0 Å². The number of rotatable bonds is 5. The van der Waals surface area contributed by atoms with E-state index in [4.69, 9.17) is 39.2 Å². The Kier molecular flexibility index (Phi) is 6.89. The summed E-state index contributed by atoms with van der Waals surface area (Å²) in [7, 11) is 0. The van der Waals surface area contributed by atoms with E-state index in [0.717, 1.165) is 9.37 Å². The lowest BCUT2D eigenvalue weighted by molar-refractivity contribution is 0.0955. The minimum atomic E-state index is -0.411. The molecule has 0 atom stereocenters. The molecule has 3 rings (SSSR count). The summed E-state index contributed by atoms with van der Waals surface area (Å²) in [6.45, 7) is 0. The number of nitrogens with zero attached hydrogens (tertiary/aromatic N) is 1. The van der Waals surface area contributed by atoms with Gasteiger partial charge in [0.15, 0.2) is 5.09 Å². The maximum Gasteiger partial charge on any atom is 0.271 e. The van der Waals surface area contributed by atoms with E-state index in [1.807, 2.05) is 24.3 Å². The normalized spacial score (nSPS) is 11.1. The van der Waals surface area contributed by atoms with Gasteiger partial charge in [-0.25, -0.2) is 5.43 Å². The fourth-order valence-electron chi connectivity index (χ4n) is 1.97. The van der Waals surface area contributed by atoms with Crippen molar-refractivity contribution in [1.82, 2.24) is 5.43 Å². The lowest BCUT2D eigenvalue weighted by Gasteiger charge is -2.01. The van der Waals surface area contributed by atoms with Crippen molar-refractivity contribution in [2.24, 2.45) is 5.10 Å². The molecule has 0 fully saturated rings. The second-order valence-corrected chi connectivity index (χ2v) is 8.32. The average Bonchev–Trinajstić information content (AvgIpc) is 2.98. The summed E-state index contributed by atoms with van der Waals surface area (Å²) in [6, 6.07) is 13.7. The molecule has 0 aliphatic heterocycles. The number of amides is 1. The molecule has 1 aromatic heterocycles. The predicted octanol–water partition coefficient (Wildman–Crippen LogP) is 6.92. The van der Waals surface area contributed by atoms with Gasteiger partial charge in [0, 0.05) is 21.5 Å². The Morgan fingerprint density at radius 2 is 1.81 bits per heavy atom. The molecule has 1 N–H and O–H groups in total. The second-order valence-electron chi connectivity index (χ2n) is 5.17. The molecule has 4 nitrogen and oxygen atoms in total. The molecule has 3 aromatic rings. The topological polar surface area (TPSA) is 54.6 Å². The number of carbonyl (C=O) groups is 1. The van der Waals surface area contributed by atoms with Gasteiger partial charge in [-0.05, 0) is 58.4 Å². The van der Waals surface area contributed by atoms with Crippen LogP contribution in [0, 0.1) is 0 Å². The third-order valence-electron chi connectivity index (χ3n) is 3.24. The van der Waals surface area contributed by atoms with Crippen LogP contribution in [0.2, 0.25) is 15.1 Å². The molecule has 0 bridgehead atoms. The molecule has 27 heavy (non-hydrogen) atoms. The van der Waals surface area contributed by atoms with E-state index in [2.05, 4.69) is 26.5 Å². The van der Waals surface area contributed by atoms with Gasteiger partial charge >= 0.3 is 0 Å². The van der Waals surface area contributed by atoms with Gasteiger partial charge in [0.25, 0.3) is 5.91 Å². The first kappa shape index (κ1) is 20.3. The second kappa shape index (κ2) is 9.17. The van der Waals surface area contributed by atoms with Crippen molar-refractivity contribution in [1.29, 1.82) is 0 Å². The fraction of sp³-hybridized carbons (Fsp3) is 0. The zero-order valence-corrected chi connectivity index (χ0v) is 18.1. The van der Waals surface area contributed by atoms with Crippen LogP contribution < -0.4 is 5.43 Å². The molecular formula is C18H10BrCl3N2O2S. The third-order valence-corrected chi connectivity index (χ3v) is 6.08. The van der Waals surface area contributed by atoms with E-state index in [1.165, 1.54) is 24.0 Å². The number of halogens is 4. The summed E-state index contributed by atoms with van der Waals surface area (Å²) in [5, 5.41) is 5.91. The molecule has 2 aromatic carbocycles. The maximum atomic E-state index is 12.1. The molecule has 1 amide bonds. The van der Waals surface area contributed by atoms with Crippen LogP contribution in [0.4, 0.5) is 0 Å². The third kappa shape index (κ3) is 5.53.